The second kappa shape index (κ2) is 8.05. The molecule has 0 saturated heterocycles. The van der Waals surface area contributed by atoms with Gasteiger partial charge in [0, 0.05) is 13.5 Å². The lowest BCUT2D eigenvalue weighted by atomic mass is 10.2. The van der Waals surface area contributed by atoms with Crippen LogP contribution in [0.2, 0.25) is 0 Å². The highest BCUT2D eigenvalue weighted by atomic mass is 32.1. The van der Waals surface area contributed by atoms with Crippen molar-refractivity contribution in [3.05, 3.63) is 75.7 Å². The highest BCUT2D eigenvalue weighted by Crippen LogP contribution is 2.23. The number of aromatic nitrogens is 3. The van der Waals surface area contributed by atoms with Crippen molar-refractivity contribution in [1.82, 2.24) is 14.3 Å². The number of carbonyl (C=O) groups excluding carboxylic acids is 1. The van der Waals surface area contributed by atoms with Crippen LogP contribution in [0.25, 0.3) is 15.9 Å². The van der Waals surface area contributed by atoms with Crippen LogP contribution in [0.4, 0.5) is 5.69 Å². The molecule has 0 unspecified atom stereocenters. The Kier molecular flexibility index (Phi) is 5.31. The zero-order valence-corrected chi connectivity index (χ0v) is 17.2. The van der Waals surface area contributed by atoms with Crippen LogP contribution in [-0.2, 0) is 18.3 Å². The Bertz CT molecular complexity index is 1190. The number of benzene rings is 2. The minimum Gasteiger partial charge on any atom is -0.320 e. The van der Waals surface area contributed by atoms with Crippen LogP contribution in [0.5, 0.6) is 0 Å². The molecule has 0 radical (unpaired) electrons. The summed E-state index contributed by atoms with van der Waals surface area (Å²) < 4.78 is 4.48. The maximum atomic E-state index is 12.9. The van der Waals surface area contributed by atoms with Gasteiger partial charge in [-0.1, -0.05) is 30.3 Å². The fourth-order valence-corrected chi connectivity index (χ4v) is 4.35. The van der Waals surface area contributed by atoms with Crippen molar-refractivity contribution in [2.75, 3.05) is 5.32 Å². The molecular weight excluding hydrogens is 384 g/mol. The summed E-state index contributed by atoms with van der Waals surface area (Å²) in [6, 6.07) is 17.4. The van der Waals surface area contributed by atoms with Gasteiger partial charge in [-0.25, -0.2) is 9.67 Å². The van der Waals surface area contributed by atoms with Crippen molar-refractivity contribution in [3.8, 4) is 5.69 Å². The smallest absolute Gasteiger partial charge is 0.295 e. The van der Waals surface area contributed by atoms with Gasteiger partial charge in [0.1, 0.15) is 5.69 Å². The fourth-order valence-electron chi connectivity index (χ4n) is 3.34. The van der Waals surface area contributed by atoms with Gasteiger partial charge in [0.15, 0.2) is 0 Å². The van der Waals surface area contributed by atoms with Gasteiger partial charge in [-0.2, -0.15) is 0 Å². The molecule has 2 heterocycles. The fraction of sp³-hybridized carbons (Fsp3) is 0.227. The lowest BCUT2D eigenvalue weighted by Crippen LogP contribution is -2.22. The number of para-hydroxylation sites is 2. The minimum atomic E-state index is -0.226. The van der Waals surface area contributed by atoms with Crippen LogP contribution in [0.15, 0.2) is 59.4 Å². The van der Waals surface area contributed by atoms with E-state index >= 15 is 0 Å². The Hall–Kier alpha value is -3.19. The molecular formula is C22H22N4O2S. The van der Waals surface area contributed by atoms with E-state index in [-0.39, 0.29) is 11.5 Å². The van der Waals surface area contributed by atoms with Crippen LogP contribution in [0.3, 0.4) is 0 Å². The van der Waals surface area contributed by atoms with Crippen LogP contribution < -0.4 is 10.9 Å². The van der Waals surface area contributed by atoms with Gasteiger partial charge in [0.25, 0.3) is 5.56 Å². The van der Waals surface area contributed by atoms with E-state index in [0.29, 0.717) is 18.5 Å². The molecule has 1 N–H and O–H groups in total. The van der Waals surface area contributed by atoms with Crippen molar-refractivity contribution in [1.29, 1.82) is 0 Å². The summed E-state index contributed by atoms with van der Waals surface area (Å²) in [6.07, 6.45) is 1.77. The zero-order chi connectivity index (χ0) is 20.4. The molecule has 148 valence electrons. The summed E-state index contributed by atoms with van der Waals surface area (Å²) >= 11 is 1.66. The van der Waals surface area contributed by atoms with Gasteiger partial charge in [-0.3, -0.25) is 14.3 Å². The molecule has 0 spiro atoms. The Morgan fingerprint density at radius 2 is 1.83 bits per heavy atom. The van der Waals surface area contributed by atoms with E-state index in [1.54, 1.807) is 20.7 Å². The Morgan fingerprint density at radius 1 is 1.10 bits per heavy atom. The van der Waals surface area contributed by atoms with Gasteiger partial charge in [-0.05, 0) is 44.0 Å². The van der Waals surface area contributed by atoms with Crippen molar-refractivity contribution in [2.45, 2.75) is 26.2 Å². The number of amides is 1. The third-order valence-electron chi connectivity index (χ3n) is 4.95. The maximum Gasteiger partial charge on any atom is 0.295 e. The highest BCUT2D eigenvalue weighted by molar-refractivity contribution is 7.18. The van der Waals surface area contributed by atoms with Gasteiger partial charge >= 0.3 is 0 Å². The van der Waals surface area contributed by atoms with Gasteiger partial charge in [0.05, 0.1) is 26.6 Å². The molecule has 6 nitrogen and oxygen atoms in total. The summed E-state index contributed by atoms with van der Waals surface area (Å²) in [6.45, 7) is 1.83. The topological polar surface area (TPSA) is 68.9 Å². The average Bonchev–Trinajstić information content (AvgIpc) is 3.23. The number of aryl methyl sites for hydroxylation is 1. The molecule has 2 aromatic carbocycles. The first-order chi connectivity index (χ1) is 14.0. The second-order valence-electron chi connectivity index (χ2n) is 6.91. The average molecular weight is 407 g/mol. The minimum absolute atomic E-state index is 0.155. The number of nitrogens with one attached hydrogen (secondary N) is 1. The third kappa shape index (κ3) is 3.86. The molecule has 0 fully saturated rings. The Labute approximate surface area is 172 Å². The first-order valence-corrected chi connectivity index (χ1v) is 10.3. The number of thiazole rings is 1. The van der Waals surface area contributed by atoms with Crippen molar-refractivity contribution in [3.63, 3.8) is 0 Å². The molecule has 7 heteroatoms. The van der Waals surface area contributed by atoms with E-state index in [4.69, 9.17) is 0 Å². The monoisotopic (exact) mass is 406 g/mol. The van der Waals surface area contributed by atoms with Crippen molar-refractivity contribution >= 4 is 33.1 Å². The molecule has 0 saturated carbocycles. The number of carbonyl (C=O) groups is 1. The Morgan fingerprint density at radius 3 is 2.59 bits per heavy atom. The largest absolute Gasteiger partial charge is 0.320 e. The molecule has 0 aliphatic heterocycles. The summed E-state index contributed by atoms with van der Waals surface area (Å²) in [4.78, 5) is 29.9. The third-order valence-corrected chi connectivity index (χ3v) is 6.05. The van der Waals surface area contributed by atoms with E-state index in [1.807, 2.05) is 62.5 Å². The van der Waals surface area contributed by atoms with E-state index in [9.17, 15) is 9.59 Å². The summed E-state index contributed by atoms with van der Waals surface area (Å²) in [7, 11) is 1.81. The van der Waals surface area contributed by atoms with E-state index in [0.717, 1.165) is 33.0 Å². The maximum absolute atomic E-state index is 12.9. The molecule has 4 rings (SSSR count). The molecule has 0 atom stereocenters. The molecule has 4 aromatic rings. The lowest BCUT2D eigenvalue weighted by molar-refractivity contribution is -0.116. The normalized spacial score (nSPS) is 11.1. The van der Waals surface area contributed by atoms with E-state index < -0.39 is 0 Å². The zero-order valence-electron chi connectivity index (χ0n) is 16.4. The first kappa shape index (κ1) is 19.1. The quantitative estimate of drug-likeness (QED) is 0.525. The standard InChI is InChI=1S/C22H22N4O2S/c1-15-21(22(28)26(25(15)2)16-9-4-3-5-10-16)24-19(27)13-8-14-20-23-17-11-6-7-12-18(17)29-20/h3-7,9-12H,8,13-14H2,1-2H3,(H,24,27). The van der Waals surface area contributed by atoms with Crippen molar-refractivity contribution < 1.29 is 4.79 Å². The number of anilines is 1. The second-order valence-corrected chi connectivity index (χ2v) is 8.03. The highest BCUT2D eigenvalue weighted by Gasteiger charge is 2.18. The van der Waals surface area contributed by atoms with Crippen LogP contribution in [0, 0.1) is 6.92 Å². The number of rotatable bonds is 6. The van der Waals surface area contributed by atoms with E-state index in [1.165, 1.54) is 0 Å². The van der Waals surface area contributed by atoms with Gasteiger partial charge in [0.2, 0.25) is 5.91 Å². The Balaban J connectivity index is 1.42. The summed E-state index contributed by atoms with van der Waals surface area (Å²) in [5.74, 6) is -0.155. The molecule has 1 amide bonds. The predicted octanol–water partition coefficient (Wildman–Crippen LogP) is 4.06. The molecule has 29 heavy (non-hydrogen) atoms. The predicted molar refractivity (Wildman–Crippen MR) is 117 cm³/mol. The summed E-state index contributed by atoms with van der Waals surface area (Å²) in [5.41, 5.74) is 2.59. The summed E-state index contributed by atoms with van der Waals surface area (Å²) in [5, 5.41) is 3.84. The van der Waals surface area contributed by atoms with Crippen LogP contribution >= 0.6 is 11.3 Å². The van der Waals surface area contributed by atoms with Gasteiger partial charge in [-0.15, -0.1) is 11.3 Å². The number of hydrogen-bond acceptors (Lipinski definition) is 4. The molecule has 2 aromatic heterocycles. The molecule has 0 aliphatic rings. The number of hydrogen-bond donors (Lipinski definition) is 1. The molecule has 0 bridgehead atoms. The first-order valence-electron chi connectivity index (χ1n) is 9.53. The molecule has 0 aliphatic carbocycles. The number of fused-ring (bicyclic) bond motifs is 1. The SMILES string of the molecule is Cc1c(NC(=O)CCCc2nc3ccccc3s2)c(=O)n(-c2ccccc2)n1C. The van der Waals surface area contributed by atoms with Crippen LogP contribution in [0.1, 0.15) is 23.5 Å². The van der Waals surface area contributed by atoms with Gasteiger partial charge < -0.3 is 5.32 Å². The van der Waals surface area contributed by atoms with Crippen LogP contribution in [-0.4, -0.2) is 20.3 Å². The van der Waals surface area contributed by atoms with E-state index in [2.05, 4.69) is 16.4 Å². The van der Waals surface area contributed by atoms with Crippen molar-refractivity contribution in [2.24, 2.45) is 7.05 Å². The lowest BCUT2D eigenvalue weighted by Gasteiger charge is -2.07. The number of nitrogens with zero attached hydrogens (tertiary/aromatic N) is 3.